The van der Waals surface area contributed by atoms with Crippen LogP contribution >= 0.6 is 11.8 Å². The SMILES string of the molecule is NC1CSC(S(=O)(=O)N2CCOCC2)=C1O. The van der Waals surface area contributed by atoms with Gasteiger partial charge < -0.3 is 15.6 Å². The van der Waals surface area contributed by atoms with Crippen LogP contribution in [0.2, 0.25) is 0 Å². The number of rotatable bonds is 2. The van der Waals surface area contributed by atoms with E-state index in [1.807, 2.05) is 0 Å². The van der Waals surface area contributed by atoms with Crippen LogP contribution in [-0.4, -0.2) is 55.9 Å². The highest BCUT2D eigenvalue weighted by Gasteiger charge is 2.36. The van der Waals surface area contributed by atoms with Gasteiger partial charge in [-0.3, -0.25) is 0 Å². The zero-order valence-electron chi connectivity index (χ0n) is 8.63. The van der Waals surface area contributed by atoms with E-state index in [1.54, 1.807) is 0 Å². The second kappa shape index (κ2) is 4.53. The lowest BCUT2D eigenvalue weighted by Gasteiger charge is -2.26. The van der Waals surface area contributed by atoms with Crippen molar-refractivity contribution < 1.29 is 18.3 Å². The van der Waals surface area contributed by atoms with Crippen LogP contribution in [0.25, 0.3) is 0 Å². The molecular weight excluding hydrogens is 252 g/mol. The molecule has 0 radical (unpaired) electrons. The summed E-state index contributed by atoms with van der Waals surface area (Å²) in [5, 5.41) is 9.62. The zero-order chi connectivity index (χ0) is 11.8. The van der Waals surface area contributed by atoms with Crippen molar-refractivity contribution in [1.29, 1.82) is 0 Å². The zero-order valence-corrected chi connectivity index (χ0v) is 10.3. The summed E-state index contributed by atoms with van der Waals surface area (Å²) in [4.78, 5) is 0. The van der Waals surface area contributed by atoms with Gasteiger partial charge in [-0.15, -0.1) is 11.8 Å². The summed E-state index contributed by atoms with van der Waals surface area (Å²) in [6.45, 7) is 1.44. The molecule has 2 rings (SSSR count). The molecule has 92 valence electrons. The van der Waals surface area contributed by atoms with Crippen molar-refractivity contribution in [1.82, 2.24) is 4.31 Å². The van der Waals surface area contributed by atoms with E-state index in [0.29, 0.717) is 32.1 Å². The van der Waals surface area contributed by atoms with Crippen LogP contribution in [0, 0.1) is 0 Å². The highest BCUT2D eigenvalue weighted by Crippen LogP contribution is 2.35. The van der Waals surface area contributed by atoms with E-state index in [-0.39, 0.29) is 10.00 Å². The first-order valence-electron chi connectivity index (χ1n) is 4.93. The number of thioether (sulfide) groups is 1. The summed E-state index contributed by atoms with van der Waals surface area (Å²) in [6, 6.07) is -0.573. The van der Waals surface area contributed by atoms with Crippen LogP contribution in [0.1, 0.15) is 0 Å². The second-order valence-electron chi connectivity index (χ2n) is 3.61. The maximum absolute atomic E-state index is 12.1. The fourth-order valence-corrected chi connectivity index (χ4v) is 4.76. The molecule has 0 bridgehead atoms. The fourth-order valence-electron chi connectivity index (χ4n) is 1.58. The second-order valence-corrected chi connectivity index (χ2v) is 6.77. The highest BCUT2D eigenvalue weighted by molar-refractivity contribution is 8.18. The average molecular weight is 266 g/mol. The van der Waals surface area contributed by atoms with Crippen molar-refractivity contribution >= 4 is 21.8 Å². The summed E-state index contributed by atoms with van der Waals surface area (Å²) in [7, 11) is -3.58. The van der Waals surface area contributed by atoms with Crippen molar-refractivity contribution in [3.05, 3.63) is 10.00 Å². The Hall–Kier alpha value is -0.280. The van der Waals surface area contributed by atoms with Crippen molar-refractivity contribution in [2.24, 2.45) is 5.73 Å². The molecule has 0 aromatic rings. The van der Waals surface area contributed by atoms with Crippen molar-refractivity contribution in [3.8, 4) is 0 Å². The molecule has 0 amide bonds. The molecule has 1 saturated heterocycles. The molecule has 0 aromatic carbocycles. The van der Waals surface area contributed by atoms with E-state index in [1.165, 1.54) is 4.31 Å². The minimum atomic E-state index is -3.58. The molecule has 0 aromatic heterocycles. The summed E-state index contributed by atoms with van der Waals surface area (Å²) in [6.07, 6.45) is 0. The Labute approximate surface area is 98.5 Å². The molecule has 1 atom stereocenters. The third-order valence-electron chi connectivity index (χ3n) is 2.50. The van der Waals surface area contributed by atoms with Gasteiger partial charge in [0.2, 0.25) is 0 Å². The number of aliphatic hydroxyl groups excluding tert-OH is 1. The third kappa shape index (κ3) is 2.07. The minimum absolute atomic E-state index is 0.00176. The molecule has 6 nitrogen and oxygen atoms in total. The first-order chi connectivity index (χ1) is 7.53. The normalized spacial score (nSPS) is 28.7. The highest BCUT2D eigenvalue weighted by atomic mass is 32.3. The molecule has 1 fully saturated rings. The number of hydrogen-bond acceptors (Lipinski definition) is 6. The van der Waals surface area contributed by atoms with Crippen LogP contribution in [-0.2, 0) is 14.8 Å². The Bertz CT molecular complexity index is 400. The Kier molecular flexibility index (Phi) is 3.45. The number of ether oxygens (including phenoxy) is 1. The van der Waals surface area contributed by atoms with Gasteiger partial charge in [0, 0.05) is 18.8 Å². The first-order valence-corrected chi connectivity index (χ1v) is 7.35. The number of nitrogens with two attached hydrogens (primary N) is 1. The number of morpholine rings is 1. The predicted octanol–water partition coefficient (Wildman–Crippen LogP) is -0.550. The maximum Gasteiger partial charge on any atom is 0.252 e. The quantitative estimate of drug-likeness (QED) is 0.696. The van der Waals surface area contributed by atoms with Gasteiger partial charge in [-0.25, -0.2) is 8.42 Å². The van der Waals surface area contributed by atoms with E-state index in [0.717, 1.165) is 11.8 Å². The standard InChI is InChI=1S/C8H14N2O4S2/c9-6-5-15-8(7(6)11)16(12,13)10-1-3-14-4-2-10/h6,11H,1-5,9H2. The van der Waals surface area contributed by atoms with E-state index >= 15 is 0 Å². The number of hydrogen-bond donors (Lipinski definition) is 2. The summed E-state index contributed by atoms with van der Waals surface area (Å²) in [5.41, 5.74) is 5.56. The van der Waals surface area contributed by atoms with Gasteiger partial charge in [0.15, 0.2) is 4.24 Å². The van der Waals surface area contributed by atoms with Crippen LogP contribution in [0.5, 0.6) is 0 Å². The topological polar surface area (TPSA) is 92.9 Å². The molecule has 2 aliphatic heterocycles. The molecule has 1 unspecified atom stereocenters. The van der Waals surface area contributed by atoms with Crippen molar-refractivity contribution in [2.45, 2.75) is 6.04 Å². The Balaban J connectivity index is 2.25. The molecule has 16 heavy (non-hydrogen) atoms. The molecule has 2 heterocycles. The van der Waals surface area contributed by atoms with Crippen LogP contribution in [0.3, 0.4) is 0 Å². The number of aliphatic hydroxyl groups is 1. The third-order valence-corrected chi connectivity index (χ3v) is 6.20. The molecule has 2 aliphatic rings. The van der Waals surface area contributed by atoms with E-state index < -0.39 is 16.1 Å². The monoisotopic (exact) mass is 266 g/mol. The first kappa shape index (κ1) is 12.2. The smallest absolute Gasteiger partial charge is 0.252 e. The van der Waals surface area contributed by atoms with Gasteiger partial charge in [-0.2, -0.15) is 4.31 Å². The van der Waals surface area contributed by atoms with Gasteiger partial charge in [0.05, 0.1) is 19.3 Å². The van der Waals surface area contributed by atoms with Crippen LogP contribution in [0.15, 0.2) is 10.00 Å². The predicted molar refractivity (Wildman–Crippen MR) is 61.4 cm³/mol. The van der Waals surface area contributed by atoms with Gasteiger partial charge in [-0.05, 0) is 0 Å². The lowest BCUT2D eigenvalue weighted by molar-refractivity contribution is 0.0734. The minimum Gasteiger partial charge on any atom is -0.509 e. The van der Waals surface area contributed by atoms with Crippen LogP contribution in [0.4, 0.5) is 0 Å². The van der Waals surface area contributed by atoms with Gasteiger partial charge in [0.25, 0.3) is 10.0 Å². The van der Waals surface area contributed by atoms with Crippen LogP contribution < -0.4 is 5.73 Å². The number of nitrogens with zero attached hydrogens (tertiary/aromatic N) is 1. The molecule has 0 aliphatic carbocycles. The lowest BCUT2D eigenvalue weighted by atomic mass is 10.3. The number of sulfonamides is 1. The Morgan fingerprint density at radius 3 is 2.56 bits per heavy atom. The maximum atomic E-state index is 12.1. The van der Waals surface area contributed by atoms with E-state index in [4.69, 9.17) is 10.5 Å². The lowest BCUT2D eigenvalue weighted by Crippen LogP contribution is -2.41. The van der Waals surface area contributed by atoms with Gasteiger partial charge in [-0.1, -0.05) is 0 Å². The Morgan fingerprint density at radius 2 is 2.06 bits per heavy atom. The largest absolute Gasteiger partial charge is 0.509 e. The summed E-state index contributed by atoms with van der Waals surface area (Å²) in [5.74, 6) is 0.196. The summed E-state index contributed by atoms with van der Waals surface area (Å²) < 4.78 is 30.7. The summed E-state index contributed by atoms with van der Waals surface area (Å²) >= 11 is 1.09. The molecule has 3 N–H and O–H groups in total. The van der Waals surface area contributed by atoms with Gasteiger partial charge in [0.1, 0.15) is 5.76 Å². The molecular formula is C8H14N2O4S2. The molecule has 8 heteroatoms. The van der Waals surface area contributed by atoms with E-state index in [2.05, 4.69) is 0 Å². The molecule has 0 saturated carbocycles. The molecule has 0 spiro atoms. The van der Waals surface area contributed by atoms with Gasteiger partial charge >= 0.3 is 0 Å². The van der Waals surface area contributed by atoms with Crippen molar-refractivity contribution in [2.75, 3.05) is 32.1 Å². The van der Waals surface area contributed by atoms with E-state index in [9.17, 15) is 13.5 Å². The van der Waals surface area contributed by atoms with Crippen molar-refractivity contribution in [3.63, 3.8) is 0 Å². The average Bonchev–Trinajstić information content (AvgIpc) is 2.61. The fraction of sp³-hybridized carbons (Fsp3) is 0.750. The Morgan fingerprint density at radius 1 is 1.44 bits per heavy atom.